The molecule has 2 N–H and O–H groups in total. The zero-order valence-corrected chi connectivity index (χ0v) is 12.3. The molecule has 2 unspecified atom stereocenters. The van der Waals surface area contributed by atoms with E-state index in [1.807, 2.05) is 12.3 Å². The molecule has 1 aromatic heterocycles. The van der Waals surface area contributed by atoms with Gasteiger partial charge in [-0.1, -0.05) is 0 Å². The summed E-state index contributed by atoms with van der Waals surface area (Å²) >= 11 is 7.00. The van der Waals surface area contributed by atoms with E-state index >= 15 is 0 Å². The summed E-state index contributed by atoms with van der Waals surface area (Å²) in [7, 11) is 2.14. The molecule has 2 rings (SSSR count). The zero-order chi connectivity index (χ0) is 11.7. The second kappa shape index (κ2) is 5.12. The van der Waals surface area contributed by atoms with Crippen molar-refractivity contribution in [3.63, 3.8) is 0 Å². The van der Waals surface area contributed by atoms with Gasteiger partial charge in [0.15, 0.2) is 0 Å². The molecule has 1 fully saturated rings. The monoisotopic (exact) mass is 347 g/mol. The Hall–Kier alpha value is 0.0300. The summed E-state index contributed by atoms with van der Waals surface area (Å²) in [6, 6.07) is 2.38. The summed E-state index contributed by atoms with van der Waals surface area (Å²) in [5, 5.41) is 0. The van der Waals surface area contributed by atoms with Crippen LogP contribution in [0.2, 0.25) is 0 Å². The molecule has 1 saturated heterocycles. The van der Waals surface area contributed by atoms with E-state index in [4.69, 9.17) is 5.73 Å². The van der Waals surface area contributed by atoms with Crippen LogP contribution in [0.15, 0.2) is 21.2 Å². The maximum Gasteiger partial charge on any atom is 0.0721 e. The van der Waals surface area contributed by atoms with Crippen LogP contribution in [0.5, 0.6) is 0 Å². The maximum absolute atomic E-state index is 5.82. The fourth-order valence-electron chi connectivity index (χ4n) is 2.35. The van der Waals surface area contributed by atoms with Gasteiger partial charge in [-0.05, 0) is 70.4 Å². The van der Waals surface area contributed by atoms with Gasteiger partial charge in [0.25, 0.3) is 0 Å². The Morgan fingerprint density at radius 3 is 2.94 bits per heavy atom. The number of hydrogen-bond donors (Lipinski definition) is 1. The molecule has 0 spiro atoms. The maximum atomic E-state index is 5.82. The smallest absolute Gasteiger partial charge is 0.0721 e. The number of halogens is 2. The van der Waals surface area contributed by atoms with Gasteiger partial charge in [0.1, 0.15) is 0 Å². The molecule has 5 heteroatoms. The Bertz CT molecular complexity index is 383. The van der Waals surface area contributed by atoms with Crippen LogP contribution in [0.1, 0.15) is 18.2 Å². The molecule has 0 radical (unpaired) electrons. The number of pyridine rings is 1. The Labute approximate surface area is 113 Å². The molecule has 0 aromatic carbocycles. The standard InChI is InChI=1S/C11H15Br2N3/c1-16-3-2-7(5-14)11(16)10-9(13)4-8(12)6-15-10/h4,6-7,11H,2-3,5,14H2,1H3. The third-order valence-electron chi connectivity index (χ3n) is 3.19. The van der Waals surface area contributed by atoms with Crippen LogP contribution in [-0.4, -0.2) is 30.0 Å². The van der Waals surface area contributed by atoms with Crippen molar-refractivity contribution in [2.24, 2.45) is 11.7 Å². The number of aromatic nitrogens is 1. The van der Waals surface area contributed by atoms with E-state index in [9.17, 15) is 0 Å². The molecule has 2 heterocycles. The third-order valence-corrected chi connectivity index (χ3v) is 4.26. The minimum atomic E-state index is 0.340. The van der Waals surface area contributed by atoms with Crippen molar-refractivity contribution in [2.75, 3.05) is 20.1 Å². The van der Waals surface area contributed by atoms with Gasteiger partial charge in [-0.15, -0.1) is 0 Å². The first-order chi connectivity index (χ1) is 7.63. The van der Waals surface area contributed by atoms with Gasteiger partial charge < -0.3 is 5.73 Å². The molecule has 1 aliphatic rings. The quantitative estimate of drug-likeness (QED) is 0.893. The Kier molecular flexibility index (Phi) is 4.00. The normalized spacial score (nSPS) is 26.2. The number of nitrogens with zero attached hydrogens (tertiary/aromatic N) is 2. The highest BCUT2D eigenvalue weighted by Gasteiger charge is 2.34. The van der Waals surface area contributed by atoms with Gasteiger partial charge in [-0.2, -0.15) is 0 Å². The first-order valence-electron chi connectivity index (χ1n) is 5.34. The molecular weight excluding hydrogens is 334 g/mol. The Morgan fingerprint density at radius 2 is 2.31 bits per heavy atom. The van der Waals surface area contributed by atoms with Crippen LogP contribution in [-0.2, 0) is 0 Å². The van der Waals surface area contributed by atoms with Gasteiger partial charge >= 0.3 is 0 Å². The number of rotatable bonds is 2. The fourth-order valence-corrected chi connectivity index (χ4v) is 3.57. The summed E-state index contributed by atoms with van der Waals surface area (Å²) in [6.45, 7) is 1.82. The van der Waals surface area contributed by atoms with Crippen LogP contribution in [0, 0.1) is 5.92 Å². The lowest BCUT2D eigenvalue weighted by atomic mass is 9.97. The van der Waals surface area contributed by atoms with Gasteiger partial charge in [0, 0.05) is 15.1 Å². The predicted molar refractivity (Wildman–Crippen MR) is 72.2 cm³/mol. The molecule has 0 amide bonds. The molecular formula is C11H15Br2N3. The topological polar surface area (TPSA) is 42.1 Å². The van der Waals surface area contributed by atoms with E-state index in [0.717, 1.165) is 34.1 Å². The van der Waals surface area contributed by atoms with E-state index in [1.165, 1.54) is 0 Å². The zero-order valence-electron chi connectivity index (χ0n) is 9.16. The van der Waals surface area contributed by atoms with Crippen LogP contribution >= 0.6 is 31.9 Å². The van der Waals surface area contributed by atoms with Gasteiger partial charge in [0.2, 0.25) is 0 Å². The molecule has 1 aromatic rings. The molecule has 0 bridgehead atoms. The van der Waals surface area contributed by atoms with Crippen LogP contribution in [0.4, 0.5) is 0 Å². The molecule has 2 atom stereocenters. The average Bonchev–Trinajstić information content (AvgIpc) is 2.60. The minimum absolute atomic E-state index is 0.340. The van der Waals surface area contributed by atoms with E-state index in [0.29, 0.717) is 12.0 Å². The molecule has 0 saturated carbocycles. The lowest BCUT2D eigenvalue weighted by molar-refractivity contribution is 0.273. The first kappa shape index (κ1) is 12.5. The summed E-state index contributed by atoms with van der Waals surface area (Å²) in [5.41, 5.74) is 6.92. The second-order valence-corrected chi connectivity index (χ2v) is 6.00. The summed E-state index contributed by atoms with van der Waals surface area (Å²) < 4.78 is 2.05. The largest absolute Gasteiger partial charge is 0.330 e. The van der Waals surface area contributed by atoms with Crippen molar-refractivity contribution in [1.82, 2.24) is 9.88 Å². The van der Waals surface area contributed by atoms with Crippen molar-refractivity contribution in [2.45, 2.75) is 12.5 Å². The highest BCUT2D eigenvalue weighted by molar-refractivity contribution is 9.11. The molecule has 88 valence electrons. The van der Waals surface area contributed by atoms with Crippen LogP contribution in [0.25, 0.3) is 0 Å². The first-order valence-corrected chi connectivity index (χ1v) is 6.93. The lowest BCUT2D eigenvalue weighted by Crippen LogP contribution is -2.26. The van der Waals surface area contributed by atoms with Gasteiger partial charge in [0.05, 0.1) is 11.7 Å². The van der Waals surface area contributed by atoms with Crippen molar-refractivity contribution in [3.8, 4) is 0 Å². The predicted octanol–water partition coefficient (Wildman–Crippen LogP) is 2.56. The Morgan fingerprint density at radius 1 is 1.56 bits per heavy atom. The van der Waals surface area contributed by atoms with Crippen LogP contribution < -0.4 is 5.73 Å². The highest BCUT2D eigenvalue weighted by atomic mass is 79.9. The van der Waals surface area contributed by atoms with Crippen molar-refractivity contribution in [3.05, 3.63) is 26.9 Å². The summed E-state index contributed by atoms with van der Waals surface area (Å²) in [6.07, 6.45) is 3.00. The molecule has 3 nitrogen and oxygen atoms in total. The highest BCUT2D eigenvalue weighted by Crippen LogP contribution is 2.38. The van der Waals surface area contributed by atoms with Crippen LogP contribution in [0.3, 0.4) is 0 Å². The SMILES string of the molecule is CN1CCC(CN)C1c1ncc(Br)cc1Br. The summed E-state index contributed by atoms with van der Waals surface area (Å²) in [5.74, 6) is 0.509. The van der Waals surface area contributed by atoms with E-state index in [1.54, 1.807) is 0 Å². The van der Waals surface area contributed by atoms with Crippen molar-refractivity contribution < 1.29 is 0 Å². The van der Waals surface area contributed by atoms with Crippen molar-refractivity contribution in [1.29, 1.82) is 0 Å². The number of likely N-dealkylation sites (tertiary alicyclic amines) is 1. The molecule has 16 heavy (non-hydrogen) atoms. The number of hydrogen-bond acceptors (Lipinski definition) is 3. The Balaban J connectivity index is 2.34. The minimum Gasteiger partial charge on any atom is -0.330 e. The summed E-state index contributed by atoms with van der Waals surface area (Å²) in [4.78, 5) is 6.85. The van der Waals surface area contributed by atoms with Gasteiger partial charge in [-0.25, -0.2) is 0 Å². The number of nitrogens with two attached hydrogens (primary N) is 1. The fraction of sp³-hybridized carbons (Fsp3) is 0.545. The average molecular weight is 349 g/mol. The second-order valence-electron chi connectivity index (χ2n) is 4.23. The van der Waals surface area contributed by atoms with Gasteiger partial charge in [-0.3, -0.25) is 9.88 Å². The molecule has 1 aliphatic heterocycles. The third kappa shape index (κ3) is 2.32. The lowest BCUT2D eigenvalue weighted by Gasteiger charge is -2.24. The van der Waals surface area contributed by atoms with E-state index in [2.05, 4.69) is 48.8 Å². The molecule has 0 aliphatic carbocycles. The van der Waals surface area contributed by atoms with E-state index in [-0.39, 0.29) is 0 Å². The van der Waals surface area contributed by atoms with E-state index < -0.39 is 0 Å². The van der Waals surface area contributed by atoms with Crippen molar-refractivity contribution >= 4 is 31.9 Å².